The van der Waals surface area contributed by atoms with Crippen LogP contribution < -0.4 is 5.73 Å². The Bertz CT molecular complexity index is 169. The Morgan fingerprint density at radius 1 is 1.27 bits per heavy atom. The van der Waals surface area contributed by atoms with Gasteiger partial charge in [0.05, 0.1) is 6.61 Å². The van der Waals surface area contributed by atoms with Gasteiger partial charge < -0.3 is 15.2 Å². The summed E-state index contributed by atoms with van der Waals surface area (Å²) in [6, 6.07) is 0.0507. The zero-order valence-corrected chi connectivity index (χ0v) is 9.99. The standard InChI is InChI=1S/C11H23NO3/c1-9(2)8-14-6-7-15-11(13)5-4-10(3)12/h9-10H,4-8,12H2,1-3H3. The Morgan fingerprint density at radius 2 is 1.93 bits per heavy atom. The molecule has 15 heavy (non-hydrogen) atoms. The minimum atomic E-state index is -0.194. The average Bonchev–Trinajstić information content (AvgIpc) is 2.13. The van der Waals surface area contributed by atoms with Crippen LogP contribution in [0.2, 0.25) is 0 Å². The number of nitrogens with two attached hydrogens (primary N) is 1. The molecule has 0 bridgehead atoms. The van der Waals surface area contributed by atoms with E-state index in [0.717, 1.165) is 0 Å². The molecule has 0 aromatic heterocycles. The Morgan fingerprint density at radius 3 is 2.47 bits per heavy atom. The van der Waals surface area contributed by atoms with E-state index in [1.165, 1.54) is 0 Å². The third-order valence-corrected chi connectivity index (χ3v) is 1.75. The summed E-state index contributed by atoms with van der Waals surface area (Å²) in [7, 11) is 0. The van der Waals surface area contributed by atoms with Crippen LogP contribution in [0.5, 0.6) is 0 Å². The maximum atomic E-state index is 11.1. The van der Waals surface area contributed by atoms with Gasteiger partial charge in [0.2, 0.25) is 0 Å². The molecule has 0 saturated heterocycles. The third-order valence-electron chi connectivity index (χ3n) is 1.75. The highest BCUT2D eigenvalue weighted by Crippen LogP contribution is 1.96. The van der Waals surface area contributed by atoms with Crippen molar-refractivity contribution in [3.63, 3.8) is 0 Å². The second-order valence-corrected chi connectivity index (χ2v) is 4.21. The van der Waals surface area contributed by atoms with Gasteiger partial charge in [0, 0.05) is 19.1 Å². The zero-order chi connectivity index (χ0) is 11.7. The lowest BCUT2D eigenvalue weighted by molar-refractivity contribution is -0.145. The summed E-state index contributed by atoms with van der Waals surface area (Å²) in [4.78, 5) is 11.1. The molecule has 0 aliphatic heterocycles. The molecule has 90 valence electrons. The first-order valence-electron chi connectivity index (χ1n) is 5.51. The molecule has 0 heterocycles. The molecular formula is C11H23NO3. The molecule has 0 fully saturated rings. The summed E-state index contributed by atoms with van der Waals surface area (Å²) >= 11 is 0. The summed E-state index contributed by atoms with van der Waals surface area (Å²) in [6.45, 7) is 7.55. The molecule has 0 amide bonds. The minimum Gasteiger partial charge on any atom is -0.463 e. The van der Waals surface area contributed by atoms with Crippen molar-refractivity contribution in [1.29, 1.82) is 0 Å². The van der Waals surface area contributed by atoms with Crippen molar-refractivity contribution >= 4 is 5.97 Å². The summed E-state index contributed by atoms with van der Waals surface area (Å²) in [5.41, 5.74) is 5.52. The van der Waals surface area contributed by atoms with E-state index in [1.54, 1.807) is 0 Å². The van der Waals surface area contributed by atoms with Gasteiger partial charge in [-0.3, -0.25) is 4.79 Å². The fourth-order valence-electron chi connectivity index (χ4n) is 0.951. The second kappa shape index (κ2) is 8.68. The van der Waals surface area contributed by atoms with E-state index < -0.39 is 0 Å². The van der Waals surface area contributed by atoms with Crippen molar-refractivity contribution in [3.8, 4) is 0 Å². The molecule has 0 spiro atoms. The van der Waals surface area contributed by atoms with Gasteiger partial charge in [0.1, 0.15) is 6.61 Å². The molecule has 0 aromatic rings. The van der Waals surface area contributed by atoms with Gasteiger partial charge in [-0.1, -0.05) is 13.8 Å². The monoisotopic (exact) mass is 217 g/mol. The van der Waals surface area contributed by atoms with Gasteiger partial charge in [-0.2, -0.15) is 0 Å². The van der Waals surface area contributed by atoms with E-state index in [4.69, 9.17) is 15.2 Å². The molecule has 2 N–H and O–H groups in total. The predicted molar refractivity (Wildman–Crippen MR) is 59.5 cm³/mol. The molecule has 1 unspecified atom stereocenters. The topological polar surface area (TPSA) is 61.5 Å². The first kappa shape index (κ1) is 14.4. The van der Waals surface area contributed by atoms with Crippen molar-refractivity contribution in [2.75, 3.05) is 19.8 Å². The van der Waals surface area contributed by atoms with Crippen LogP contribution in [0.4, 0.5) is 0 Å². The molecule has 0 rings (SSSR count). The van der Waals surface area contributed by atoms with Crippen LogP contribution in [0.3, 0.4) is 0 Å². The maximum absolute atomic E-state index is 11.1. The van der Waals surface area contributed by atoms with E-state index in [-0.39, 0.29) is 12.0 Å². The lowest BCUT2D eigenvalue weighted by Crippen LogP contribution is -2.18. The van der Waals surface area contributed by atoms with Crippen LogP contribution in [-0.2, 0) is 14.3 Å². The smallest absolute Gasteiger partial charge is 0.305 e. The van der Waals surface area contributed by atoms with Crippen molar-refractivity contribution in [2.45, 2.75) is 39.7 Å². The van der Waals surface area contributed by atoms with Gasteiger partial charge in [-0.25, -0.2) is 0 Å². The number of ether oxygens (including phenoxy) is 2. The average molecular weight is 217 g/mol. The van der Waals surface area contributed by atoms with Crippen molar-refractivity contribution < 1.29 is 14.3 Å². The number of hydrogen-bond donors (Lipinski definition) is 1. The molecular weight excluding hydrogens is 194 g/mol. The van der Waals surface area contributed by atoms with Crippen LogP contribution >= 0.6 is 0 Å². The predicted octanol–water partition coefficient (Wildman–Crippen LogP) is 1.33. The minimum absolute atomic E-state index is 0.0507. The van der Waals surface area contributed by atoms with Gasteiger partial charge >= 0.3 is 5.97 Å². The van der Waals surface area contributed by atoms with Gasteiger partial charge in [0.15, 0.2) is 0 Å². The Labute approximate surface area is 92.1 Å². The van der Waals surface area contributed by atoms with Crippen LogP contribution in [-0.4, -0.2) is 31.8 Å². The summed E-state index contributed by atoms with van der Waals surface area (Å²) in [6.07, 6.45) is 1.06. The molecule has 0 aliphatic carbocycles. The quantitative estimate of drug-likeness (QED) is 0.492. The number of hydrogen-bond acceptors (Lipinski definition) is 4. The summed E-state index contributed by atoms with van der Waals surface area (Å²) < 4.78 is 10.2. The lowest BCUT2D eigenvalue weighted by Gasteiger charge is -2.08. The van der Waals surface area contributed by atoms with Crippen LogP contribution in [0.1, 0.15) is 33.6 Å². The number of esters is 1. The molecule has 0 saturated carbocycles. The van der Waals surface area contributed by atoms with Gasteiger partial charge in [0.25, 0.3) is 0 Å². The van der Waals surface area contributed by atoms with Crippen LogP contribution in [0.15, 0.2) is 0 Å². The number of rotatable bonds is 8. The molecule has 4 heteroatoms. The molecule has 0 aromatic carbocycles. The van der Waals surface area contributed by atoms with Crippen molar-refractivity contribution in [1.82, 2.24) is 0 Å². The van der Waals surface area contributed by atoms with Crippen LogP contribution in [0.25, 0.3) is 0 Å². The molecule has 0 aliphatic rings. The first-order chi connectivity index (χ1) is 7.02. The highest BCUT2D eigenvalue weighted by Gasteiger charge is 2.04. The van der Waals surface area contributed by atoms with Gasteiger partial charge in [-0.15, -0.1) is 0 Å². The highest BCUT2D eigenvalue weighted by molar-refractivity contribution is 5.69. The fourth-order valence-corrected chi connectivity index (χ4v) is 0.951. The van der Waals surface area contributed by atoms with E-state index in [0.29, 0.717) is 38.6 Å². The first-order valence-corrected chi connectivity index (χ1v) is 5.51. The van der Waals surface area contributed by atoms with E-state index >= 15 is 0 Å². The SMILES string of the molecule is CC(C)COCCOC(=O)CCC(C)N. The highest BCUT2D eigenvalue weighted by atomic mass is 16.6. The third kappa shape index (κ3) is 11.3. The number of carbonyl (C=O) groups is 1. The molecule has 4 nitrogen and oxygen atoms in total. The molecule has 1 atom stereocenters. The molecule has 0 radical (unpaired) electrons. The van der Waals surface area contributed by atoms with Gasteiger partial charge in [-0.05, 0) is 19.3 Å². The Kier molecular flexibility index (Phi) is 8.33. The van der Waals surface area contributed by atoms with E-state index in [9.17, 15) is 4.79 Å². The Balaban J connectivity index is 3.24. The zero-order valence-electron chi connectivity index (χ0n) is 9.99. The maximum Gasteiger partial charge on any atom is 0.305 e. The fraction of sp³-hybridized carbons (Fsp3) is 0.909. The second-order valence-electron chi connectivity index (χ2n) is 4.21. The lowest BCUT2D eigenvalue weighted by atomic mass is 10.2. The van der Waals surface area contributed by atoms with E-state index in [1.807, 2.05) is 6.92 Å². The summed E-state index contributed by atoms with van der Waals surface area (Å²) in [5.74, 6) is 0.319. The van der Waals surface area contributed by atoms with E-state index in [2.05, 4.69) is 13.8 Å². The number of carbonyl (C=O) groups excluding carboxylic acids is 1. The Hall–Kier alpha value is -0.610. The van der Waals surface area contributed by atoms with Crippen molar-refractivity contribution in [2.24, 2.45) is 11.7 Å². The van der Waals surface area contributed by atoms with Crippen LogP contribution in [0, 0.1) is 5.92 Å². The largest absolute Gasteiger partial charge is 0.463 e. The van der Waals surface area contributed by atoms with Crippen molar-refractivity contribution in [3.05, 3.63) is 0 Å². The normalized spacial score (nSPS) is 12.9. The summed E-state index contributed by atoms with van der Waals surface area (Å²) in [5, 5.41) is 0.